The SMILES string of the molecule is CC1CC(CC(=O)N2CCNCC2)CC(C)(C)C1. The second-order valence-electron chi connectivity index (χ2n) is 7.11. The van der Waals surface area contributed by atoms with Crippen LogP contribution in [0.2, 0.25) is 0 Å². The van der Waals surface area contributed by atoms with Crippen molar-refractivity contribution in [1.29, 1.82) is 0 Å². The monoisotopic (exact) mass is 252 g/mol. The van der Waals surface area contributed by atoms with Gasteiger partial charge in [0.15, 0.2) is 0 Å². The van der Waals surface area contributed by atoms with Crippen molar-refractivity contribution in [3.8, 4) is 0 Å². The second-order valence-corrected chi connectivity index (χ2v) is 7.11. The Balaban J connectivity index is 1.86. The summed E-state index contributed by atoms with van der Waals surface area (Å²) in [7, 11) is 0. The molecule has 2 unspecified atom stereocenters. The Labute approximate surface area is 111 Å². The summed E-state index contributed by atoms with van der Waals surface area (Å²) in [6.07, 6.45) is 4.54. The summed E-state index contributed by atoms with van der Waals surface area (Å²) in [5.74, 6) is 1.76. The Morgan fingerprint density at radius 1 is 1.28 bits per heavy atom. The van der Waals surface area contributed by atoms with Crippen molar-refractivity contribution in [3.05, 3.63) is 0 Å². The zero-order chi connectivity index (χ0) is 13.2. The smallest absolute Gasteiger partial charge is 0.222 e. The number of hydrogen-bond donors (Lipinski definition) is 1. The zero-order valence-corrected chi connectivity index (χ0v) is 12.2. The van der Waals surface area contributed by atoms with Crippen LogP contribution in [0.25, 0.3) is 0 Å². The lowest BCUT2D eigenvalue weighted by atomic mass is 9.67. The fraction of sp³-hybridized carbons (Fsp3) is 0.933. The predicted octanol–water partition coefficient (Wildman–Crippen LogP) is 2.27. The number of hydrogen-bond acceptors (Lipinski definition) is 2. The van der Waals surface area contributed by atoms with Gasteiger partial charge in [-0.1, -0.05) is 20.8 Å². The van der Waals surface area contributed by atoms with Crippen molar-refractivity contribution in [1.82, 2.24) is 10.2 Å². The molecule has 2 aliphatic rings. The Morgan fingerprint density at radius 2 is 1.94 bits per heavy atom. The number of piperazine rings is 1. The molecule has 1 saturated carbocycles. The van der Waals surface area contributed by atoms with Crippen molar-refractivity contribution >= 4 is 5.91 Å². The number of nitrogens with one attached hydrogen (secondary N) is 1. The first-order valence-corrected chi connectivity index (χ1v) is 7.45. The topological polar surface area (TPSA) is 32.3 Å². The molecule has 2 atom stereocenters. The van der Waals surface area contributed by atoms with Gasteiger partial charge in [-0.05, 0) is 36.5 Å². The van der Waals surface area contributed by atoms with E-state index in [2.05, 4.69) is 26.1 Å². The molecule has 104 valence electrons. The molecular formula is C15H28N2O. The fourth-order valence-electron chi connectivity index (χ4n) is 3.99. The van der Waals surface area contributed by atoms with Gasteiger partial charge in [0.2, 0.25) is 5.91 Å². The Kier molecular flexibility index (Phi) is 4.31. The quantitative estimate of drug-likeness (QED) is 0.817. The third-order valence-corrected chi connectivity index (χ3v) is 4.41. The van der Waals surface area contributed by atoms with Gasteiger partial charge in [-0.25, -0.2) is 0 Å². The second kappa shape index (κ2) is 5.60. The van der Waals surface area contributed by atoms with E-state index in [1.165, 1.54) is 19.3 Å². The number of rotatable bonds is 2. The summed E-state index contributed by atoms with van der Waals surface area (Å²) < 4.78 is 0. The molecule has 0 radical (unpaired) electrons. The van der Waals surface area contributed by atoms with Crippen molar-refractivity contribution in [2.75, 3.05) is 26.2 Å². The maximum absolute atomic E-state index is 12.3. The molecule has 1 aliphatic heterocycles. The standard InChI is InChI=1S/C15H28N2O/c1-12-8-13(11-15(2,3)10-12)9-14(18)17-6-4-16-5-7-17/h12-13,16H,4-11H2,1-3H3. The van der Waals surface area contributed by atoms with E-state index in [4.69, 9.17) is 0 Å². The molecule has 1 heterocycles. The third kappa shape index (κ3) is 3.71. The van der Waals surface area contributed by atoms with Crippen molar-refractivity contribution in [2.24, 2.45) is 17.3 Å². The zero-order valence-electron chi connectivity index (χ0n) is 12.2. The van der Waals surface area contributed by atoms with Crippen LogP contribution in [0.3, 0.4) is 0 Å². The van der Waals surface area contributed by atoms with Crippen molar-refractivity contribution in [2.45, 2.75) is 46.5 Å². The molecule has 0 bridgehead atoms. The van der Waals surface area contributed by atoms with Crippen LogP contribution in [0, 0.1) is 17.3 Å². The van der Waals surface area contributed by atoms with Gasteiger partial charge in [0.05, 0.1) is 0 Å². The predicted molar refractivity (Wildman–Crippen MR) is 74.4 cm³/mol. The lowest BCUT2D eigenvalue weighted by Gasteiger charge is -2.39. The highest BCUT2D eigenvalue weighted by molar-refractivity contribution is 5.76. The van der Waals surface area contributed by atoms with Crippen LogP contribution in [0.5, 0.6) is 0 Å². The summed E-state index contributed by atoms with van der Waals surface area (Å²) in [4.78, 5) is 14.3. The van der Waals surface area contributed by atoms with E-state index in [0.717, 1.165) is 38.5 Å². The molecule has 0 spiro atoms. The fourth-order valence-corrected chi connectivity index (χ4v) is 3.99. The molecule has 18 heavy (non-hydrogen) atoms. The van der Waals surface area contributed by atoms with E-state index in [9.17, 15) is 4.79 Å². The molecule has 1 amide bonds. The van der Waals surface area contributed by atoms with E-state index in [1.807, 2.05) is 4.90 Å². The summed E-state index contributed by atoms with van der Waals surface area (Å²) in [6.45, 7) is 10.7. The van der Waals surface area contributed by atoms with E-state index < -0.39 is 0 Å². The first-order chi connectivity index (χ1) is 8.46. The minimum Gasteiger partial charge on any atom is -0.340 e. The number of carbonyl (C=O) groups is 1. The summed E-state index contributed by atoms with van der Waals surface area (Å²) in [5.41, 5.74) is 0.423. The van der Waals surface area contributed by atoms with Gasteiger partial charge in [0, 0.05) is 32.6 Å². The Hall–Kier alpha value is -0.570. The van der Waals surface area contributed by atoms with Gasteiger partial charge in [-0.15, -0.1) is 0 Å². The van der Waals surface area contributed by atoms with Gasteiger partial charge >= 0.3 is 0 Å². The molecule has 3 heteroatoms. The molecule has 0 aromatic carbocycles. The Bertz CT molecular complexity index is 295. The normalized spacial score (nSPS) is 32.3. The van der Waals surface area contributed by atoms with Gasteiger partial charge < -0.3 is 10.2 Å². The molecule has 2 rings (SSSR count). The summed E-state index contributed by atoms with van der Waals surface area (Å²) in [5, 5.41) is 3.30. The molecular weight excluding hydrogens is 224 g/mol. The molecule has 1 N–H and O–H groups in total. The van der Waals surface area contributed by atoms with Crippen molar-refractivity contribution in [3.63, 3.8) is 0 Å². The number of carbonyl (C=O) groups excluding carboxylic acids is 1. The van der Waals surface area contributed by atoms with Crippen LogP contribution in [0.4, 0.5) is 0 Å². The van der Waals surface area contributed by atoms with Gasteiger partial charge in [0.25, 0.3) is 0 Å². The Morgan fingerprint density at radius 3 is 2.56 bits per heavy atom. The molecule has 2 fully saturated rings. The van der Waals surface area contributed by atoms with E-state index in [0.29, 0.717) is 17.2 Å². The molecule has 0 aromatic heterocycles. The van der Waals surface area contributed by atoms with Gasteiger partial charge in [0.1, 0.15) is 0 Å². The third-order valence-electron chi connectivity index (χ3n) is 4.41. The summed E-state index contributed by atoms with van der Waals surface area (Å²) >= 11 is 0. The highest BCUT2D eigenvalue weighted by Gasteiger charge is 2.33. The average Bonchev–Trinajstić information content (AvgIpc) is 2.27. The first-order valence-electron chi connectivity index (χ1n) is 7.45. The van der Waals surface area contributed by atoms with Crippen LogP contribution >= 0.6 is 0 Å². The van der Waals surface area contributed by atoms with Crippen molar-refractivity contribution < 1.29 is 4.79 Å². The molecule has 1 aliphatic carbocycles. The number of nitrogens with zero attached hydrogens (tertiary/aromatic N) is 1. The average molecular weight is 252 g/mol. The largest absolute Gasteiger partial charge is 0.340 e. The molecule has 3 nitrogen and oxygen atoms in total. The lowest BCUT2D eigenvalue weighted by molar-refractivity contribution is -0.133. The lowest BCUT2D eigenvalue weighted by Crippen LogP contribution is -2.47. The maximum atomic E-state index is 12.3. The highest BCUT2D eigenvalue weighted by Crippen LogP contribution is 2.42. The molecule has 0 aromatic rings. The maximum Gasteiger partial charge on any atom is 0.222 e. The van der Waals surface area contributed by atoms with E-state index >= 15 is 0 Å². The van der Waals surface area contributed by atoms with Gasteiger partial charge in [-0.2, -0.15) is 0 Å². The van der Waals surface area contributed by atoms with Crippen LogP contribution in [0.1, 0.15) is 46.5 Å². The van der Waals surface area contributed by atoms with Crippen LogP contribution in [0.15, 0.2) is 0 Å². The van der Waals surface area contributed by atoms with Crippen LogP contribution in [-0.2, 0) is 4.79 Å². The van der Waals surface area contributed by atoms with E-state index in [1.54, 1.807) is 0 Å². The molecule has 1 saturated heterocycles. The van der Waals surface area contributed by atoms with Gasteiger partial charge in [-0.3, -0.25) is 4.79 Å². The highest BCUT2D eigenvalue weighted by atomic mass is 16.2. The van der Waals surface area contributed by atoms with E-state index in [-0.39, 0.29) is 0 Å². The minimum atomic E-state index is 0.381. The minimum absolute atomic E-state index is 0.381. The first kappa shape index (κ1) is 13.9. The van der Waals surface area contributed by atoms with Crippen LogP contribution in [-0.4, -0.2) is 37.0 Å². The number of amides is 1. The summed E-state index contributed by atoms with van der Waals surface area (Å²) in [6, 6.07) is 0. The van der Waals surface area contributed by atoms with Crippen LogP contribution < -0.4 is 5.32 Å².